The van der Waals surface area contributed by atoms with Gasteiger partial charge in [0.05, 0.1) is 6.04 Å². The van der Waals surface area contributed by atoms with Crippen LogP contribution in [0.2, 0.25) is 0 Å². The lowest BCUT2D eigenvalue weighted by Gasteiger charge is -2.28. The van der Waals surface area contributed by atoms with E-state index in [4.69, 9.17) is 17.2 Å². The number of hydrogen-bond donors (Lipinski definition) is 7. The van der Waals surface area contributed by atoms with E-state index in [2.05, 4.69) is 16.0 Å². The van der Waals surface area contributed by atoms with Crippen LogP contribution >= 0.6 is 11.8 Å². The summed E-state index contributed by atoms with van der Waals surface area (Å²) in [6, 6.07) is -4.10. The number of hydrogen-bond acceptors (Lipinski definition) is 8. The third-order valence-electron chi connectivity index (χ3n) is 5.64. The van der Waals surface area contributed by atoms with Gasteiger partial charge in [-0.1, -0.05) is 20.3 Å². The minimum atomic E-state index is -1.16. The molecule has 0 aromatic carbocycles. The fourth-order valence-electron chi connectivity index (χ4n) is 3.18. The molecule has 0 aliphatic heterocycles. The van der Waals surface area contributed by atoms with Crippen LogP contribution in [-0.2, 0) is 24.0 Å². The van der Waals surface area contributed by atoms with Crippen molar-refractivity contribution < 1.29 is 29.1 Å². The fourth-order valence-corrected chi connectivity index (χ4v) is 3.65. The number of rotatable bonds is 19. The zero-order valence-electron chi connectivity index (χ0n) is 20.9. The number of carboxylic acids is 1. The summed E-state index contributed by atoms with van der Waals surface area (Å²) < 4.78 is 0. The van der Waals surface area contributed by atoms with E-state index < -0.39 is 53.8 Å². The number of nitrogens with one attached hydrogen (secondary N) is 3. The lowest BCUT2D eigenvalue weighted by molar-refractivity contribution is -0.142. The molecule has 0 rings (SSSR count). The largest absolute Gasteiger partial charge is 0.480 e. The van der Waals surface area contributed by atoms with Crippen LogP contribution < -0.4 is 33.2 Å². The lowest BCUT2D eigenvalue weighted by Crippen LogP contribution is -2.58. The first kappa shape index (κ1) is 32.6. The molecule has 5 atom stereocenters. The second-order valence-electron chi connectivity index (χ2n) is 8.51. The summed E-state index contributed by atoms with van der Waals surface area (Å²) in [6.07, 6.45) is 3.99. The fraction of sp³-hybridized carbons (Fsp3) is 0.773. The highest BCUT2D eigenvalue weighted by Gasteiger charge is 2.32. The lowest BCUT2D eigenvalue weighted by atomic mass is 9.96. The van der Waals surface area contributed by atoms with Crippen molar-refractivity contribution >= 4 is 41.4 Å². The van der Waals surface area contributed by atoms with E-state index in [1.165, 1.54) is 11.8 Å². The van der Waals surface area contributed by atoms with Crippen molar-refractivity contribution in [3.63, 3.8) is 0 Å². The van der Waals surface area contributed by atoms with E-state index in [0.717, 1.165) is 0 Å². The molecular formula is C22H42N6O6S. The van der Waals surface area contributed by atoms with Crippen LogP contribution in [0, 0.1) is 5.92 Å². The van der Waals surface area contributed by atoms with Gasteiger partial charge in [0.25, 0.3) is 0 Å². The van der Waals surface area contributed by atoms with Crippen molar-refractivity contribution in [1.82, 2.24) is 16.0 Å². The van der Waals surface area contributed by atoms with Gasteiger partial charge in [0.2, 0.25) is 23.6 Å². The van der Waals surface area contributed by atoms with Gasteiger partial charge in [-0.25, -0.2) is 4.79 Å². The first-order valence-corrected chi connectivity index (χ1v) is 13.2. The zero-order chi connectivity index (χ0) is 27.0. The topological polar surface area (TPSA) is 220 Å². The molecule has 12 nitrogen and oxygen atoms in total. The molecule has 35 heavy (non-hydrogen) atoms. The Morgan fingerprint density at radius 1 is 0.914 bits per heavy atom. The van der Waals surface area contributed by atoms with Crippen LogP contribution in [0.25, 0.3) is 0 Å². The van der Waals surface area contributed by atoms with Crippen molar-refractivity contribution in [2.24, 2.45) is 23.1 Å². The number of amides is 4. The molecule has 0 fully saturated rings. The van der Waals surface area contributed by atoms with Crippen molar-refractivity contribution in [3.05, 3.63) is 0 Å². The highest BCUT2D eigenvalue weighted by atomic mass is 32.2. The molecule has 0 aliphatic rings. The molecule has 13 heteroatoms. The molecule has 0 aromatic rings. The summed E-state index contributed by atoms with van der Waals surface area (Å²) >= 11 is 1.46. The van der Waals surface area contributed by atoms with E-state index in [1.54, 1.807) is 6.92 Å². The highest BCUT2D eigenvalue weighted by molar-refractivity contribution is 7.98. The second-order valence-corrected chi connectivity index (χ2v) is 9.50. The number of primary amides is 1. The maximum Gasteiger partial charge on any atom is 0.326 e. The number of aliphatic carboxylic acids is 1. The van der Waals surface area contributed by atoms with Crippen LogP contribution in [0.4, 0.5) is 0 Å². The smallest absolute Gasteiger partial charge is 0.326 e. The summed E-state index contributed by atoms with van der Waals surface area (Å²) in [7, 11) is 0. The van der Waals surface area contributed by atoms with Gasteiger partial charge in [-0.15, -0.1) is 0 Å². The van der Waals surface area contributed by atoms with Gasteiger partial charge in [-0.3, -0.25) is 19.2 Å². The average Bonchev–Trinajstić information content (AvgIpc) is 2.81. The van der Waals surface area contributed by atoms with Crippen molar-refractivity contribution in [2.45, 2.75) is 83.0 Å². The normalized spacial score (nSPS) is 15.2. The van der Waals surface area contributed by atoms with Crippen LogP contribution in [0.1, 0.15) is 58.8 Å². The van der Waals surface area contributed by atoms with E-state index in [9.17, 15) is 29.1 Å². The Morgan fingerprint density at radius 2 is 1.54 bits per heavy atom. The monoisotopic (exact) mass is 518 g/mol. The highest BCUT2D eigenvalue weighted by Crippen LogP contribution is 2.11. The predicted octanol–water partition coefficient (Wildman–Crippen LogP) is -0.954. The molecule has 0 heterocycles. The zero-order valence-corrected chi connectivity index (χ0v) is 21.7. The Morgan fingerprint density at radius 3 is 2.06 bits per heavy atom. The summed E-state index contributed by atoms with van der Waals surface area (Å²) in [4.78, 5) is 61.1. The third kappa shape index (κ3) is 13.3. The van der Waals surface area contributed by atoms with Gasteiger partial charge in [-0.05, 0) is 56.6 Å². The predicted molar refractivity (Wildman–Crippen MR) is 135 cm³/mol. The maximum atomic E-state index is 13.1. The Labute approximate surface area is 211 Å². The van der Waals surface area contributed by atoms with Crippen LogP contribution in [0.5, 0.6) is 0 Å². The number of nitrogens with two attached hydrogens (primary N) is 3. The van der Waals surface area contributed by atoms with Crippen molar-refractivity contribution in [2.75, 3.05) is 18.6 Å². The molecule has 10 N–H and O–H groups in total. The summed E-state index contributed by atoms with van der Waals surface area (Å²) in [5, 5.41) is 17.2. The molecule has 0 aliphatic carbocycles. The van der Waals surface area contributed by atoms with E-state index in [-0.39, 0.29) is 31.6 Å². The van der Waals surface area contributed by atoms with Gasteiger partial charge in [0.15, 0.2) is 0 Å². The quantitative estimate of drug-likeness (QED) is 0.105. The Balaban J connectivity index is 5.50. The molecule has 0 saturated carbocycles. The molecule has 0 radical (unpaired) electrons. The first-order chi connectivity index (χ1) is 16.5. The number of thioether (sulfide) groups is 1. The molecule has 0 spiro atoms. The Kier molecular flexibility index (Phi) is 16.7. The SMILES string of the molecule is CCC(C)C(NC(=O)C(N)CCC(N)=O)C(=O)NC(CCCCN)C(=O)NC(CCSC)C(=O)O. The minimum absolute atomic E-state index is 0.0345. The van der Waals surface area contributed by atoms with E-state index >= 15 is 0 Å². The molecule has 0 bridgehead atoms. The standard InChI is InChI=1S/C22H42N6O6S/c1-4-13(2)18(28-19(30)14(24)8-9-17(25)29)21(32)26-15(7-5-6-11-23)20(31)27-16(22(33)34)10-12-35-3/h13-16,18H,4-12,23-24H2,1-3H3,(H2,25,29)(H,26,32)(H,27,31)(H,28,30)(H,33,34). The third-order valence-corrected chi connectivity index (χ3v) is 6.28. The van der Waals surface area contributed by atoms with Crippen LogP contribution in [0.3, 0.4) is 0 Å². The number of carboxylic acid groups (broad SMARTS) is 1. The summed E-state index contributed by atoms with van der Waals surface area (Å²) in [5.74, 6) is -3.31. The van der Waals surface area contributed by atoms with Gasteiger partial charge < -0.3 is 38.3 Å². The van der Waals surface area contributed by atoms with E-state index in [0.29, 0.717) is 31.6 Å². The Bertz CT molecular complexity index is 710. The minimum Gasteiger partial charge on any atom is -0.480 e. The van der Waals surface area contributed by atoms with Crippen molar-refractivity contribution in [1.29, 1.82) is 0 Å². The maximum absolute atomic E-state index is 13.1. The molecular weight excluding hydrogens is 476 g/mol. The van der Waals surface area contributed by atoms with Gasteiger partial charge in [0.1, 0.15) is 18.1 Å². The number of carbonyl (C=O) groups excluding carboxylic acids is 4. The molecule has 5 unspecified atom stereocenters. The Hall–Kier alpha value is -2.38. The summed E-state index contributed by atoms with van der Waals surface area (Å²) in [5.41, 5.74) is 16.5. The molecule has 0 saturated heterocycles. The second kappa shape index (κ2) is 18.0. The van der Waals surface area contributed by atoms with Crippen molar-refractivity contribution in [3.8, 4) is 0 Å². The average molecular weight is 519 g/mol. The van der Waals surface area contributed by atoms with Gasteiger partial charge in [-0.2, -0.15) is 11.8 Å². The van der Waals surface area contributed by atoms with Gasteiger partial charge in [0, 0.05) is 6.42 Å². The molecule has 4 amide bonds. The van der Waals surface area contributed by atoms with Crippen LogP contribution in [-0.4, -0.2) is 77.4 Å². The van der Waals surface area contributed by atoms with E-state index in [1.807, 2.05) is 13.2 Å². The number of unbranched alkanes of at least 4 members (excludes halogenated alkanes) is 1. The first-order valence-electron chi connectivity index (χ1n) is 11.8. The molecule has 0 aromatic heterocycles. The summed E-state index contributed by atoms with van der Waals surface area (Å²) in [6.45, 7) is 4.02. The van der Waals surface area contributed by atoms with Gasteiger partial charge >= 0.3 is 5.97 Å². The molecule has 202 valence electrons. The number of carbonyl (C=O) groups is 5. The van der Waals surface area contributed by atoms with Crippen LogP contribution in [0.15, 0.2) is 0 Å².